The normalized spacial score (nSPS) is 15.2. The summed E-state index contributed by atoms with van der Waals surface area (Å²) in [6, 6.07) is 0.507. The topological polar surface area (TPSA) is 29.9 Å². The molecule has 0 spiro atoms. The second-order valence-electron chi connectivity index (χ2n) is 5.37. The van der Waals surface area contributed by atoms with Gasteiger partial charge in [-0.2, -0.15) is 0 Å². The first-order chi connectivity index (χ1) is 8.06. The molecule has 0 fully saturated rings. The largest absolute Gasteiger partial charge is 0.332 e. The van der Waals surface area contributed by atoms with Gasteiger partial charge in [-0.1, -0.05) is 27.7 Å². The van der Waals surface area contributed by atoms with Crippen molar-refractivity contribution in [3.63, 3.8) is 0 Å². The molecular formula is C14H27N3. The molecule has 2 unspecified atom stereocenters. The molecule has 0 saturated heterocycles. The van der Waals surface area contributed by atoms with Gasteiger partial charge in [0.25, 0.3) is 0 Å². The molecule has 3 nitrogen and oxygen atoms in total. The lowest BCUT2D eigenvalue weighted by Crippen LogP contribution is -2.29. The number of hydrogen-bond donors (Lipinski definition) is 1. The third-order valence-electron chi connectivity index (χ3n) is 3.35. The molecule has 1 aromatic heterocycles. The number of nitrogens with one attached hydrogen (secondary N) is 1. The third kappa shape index (κ3) is 4.15. The van der Waals surface area contributed by atoms with E-state index >= 15 is 0 Å². The lowest BCUT2D eigenvalue weighted by atomic mass is 10.0. The Morgan fingerprint density at radius 1 is 1.24 bits per heavy atom. The molecule has 0 bridgehead atoms. The highest BCUT2D eigenvalue weighted by Gasteiger charge is 2.15. The van der Waals surface area contributed by atoms with Gasteiger partial charge in [-0.3, -0.25) is 0 Å². The summed E-state index contributed by atoms with van der Waals surface area (Å²) in [6.07, 6.45) is 5.01. The van der Waals surface area contributed by atoms with Gasteiger partial charge in [0.2, 0.25) is 0 Å². The van der Waals surface area contributed by atoms with Crippen molar-refractivity contribution in [1.82, 2.24) is 14.9 Å². The fourth-order valence-corrected chi connectivity index (χ4v) is 2.03. The van der Waals surface area contributed by atoms with Gasteiger partial charge in [-0.05, 0) is 31.8 Å². The monoisotopic (exact) mass is 237 g/mol. The lowest BCUT2D eigenvalue weighted by molar-refractivity contribution is 0.348. The van der Waals surface area contributed by atoms with Gasteiger partial charge in [0.15, 0.2) is 0 Å². The predicted molar refractivity (Wildman–Crippen MR) is 73.2 cm³/mol. The zero-order chi connectivity index (χ0) is 12.8. The van der Waals surface area contributed by atoms with Gasteiger partial charge in [-0.15, -0.1) is 0 Å². The average Bonchev–Trinajstić information content (AvgIpc) is 2.75. The Morgan fingerprint density at radius 3 is 2.53 bits per heavy atom. The van der Waals surface area contributed by atoms with Crippen LogP contribution < -0.4 is 5.32 Å². The number of rotatable bonds is 7. The van der Waals surface area contributed by atoms with Crippen molar-refractivity contribution in [2.75, 3.05) is 13.1 Å². The van der Waals surface area contributed by atoms with E-state index in [4.69, 9.17) is 0 Å². The summed E-state index contributed by atoms with van der Waals surface area (Å²) in [5.74, 6) is 2.53. The van der Waals surface area contributed by atoms with E-state index in [1.807, 2.05) is 6.20 Å². The van der Waals surface area contributed by atoms with Crippen LogP contribution in [0.2, 0.25) is 0 Å². The van der Waals surface area contributed by atoms with Gasteiger partial charge in [0.05, 0.1) is 0 Å². The SMILES string of the molecule is CCc1nccn1C(C)C(C)CNCC(C)C. The van der Waals surface area contributed by atoms with E-state index in [0.717, 1.165) is 25.4 Å². The summed E-state index contributed by atoms with van der Waals surface area (Å²) >= 11 is 0. The first-order valence-electron chi connectivity index (χ1n) is 6.78. The zero-order valence-corrected chi connectivity index (χ0v) is 11.9. The maximum absolute atomic E-state index is 4.39. The highest BCUT2D eigenvalue weighted by molar-refractivity contribution is 4.95. The number of aryl methyl sites for hydroxylation is 1. The third-order valence-corrected chi connectivity index (χ3v) is 3.35. The van der Waals surface area contributed by atoms with Crippen LogP contribution in [-0.4, -0.2) is 22.6 Å². The summed E-state index contributed by atoms with van der Waals surface area (Å²) in [5.41, 5.74) is 0. The zero-order valence-electron chi connectivity index (χ0n) is 11.9. The molecule has 1 rings (SSSR count). The van der Waals surface area contributed by atoms with Gasteiger partial charge < -0.3 is 9.88 Å². The molecule has 0 radical (unpaired) electrons. The Bertz CT molecular complexity index is 317. The van der Waals surface area contributed by atoms with E-state index < -0.39 is 0 Å². The fourth-order valence-electron chi connectivity index (χ4n) is 2.03. The average molecular weight is 237 g/mol. The van der Waals surface area contributed by atoms with Gasteiger partial charge >= 0.3 is 0 Å². The Kier molecular flexibility index (Phi) is 5.69. The van der Waals surface area contributed by atoms with Gasteiger partial charge in [-0.25, -0.2) is 4.98 Å². The summed E-state index contributed by atoms with van der Waals surface area (Å²) in [7, 11) is 0. The molecule has 0 amide bonds. The van der Waals surface area contributed by atoms with Crippen molar-refractivity contribution in [2.24, 2.45) is 11.8 Å². The minimum absolute atomic E-state index is 0.507. The highest BCUT2D eigenvalue weighted by atomic mass is 15.1. The molecule has 0 aliphatic rings. The molecule has 2 atom stereocenters. The Hall–Kier alpha value is -0.830. The van der Waals surface area contributed by atoms with Crippen LogP contribution in [0, 0.1) is 11.8 Å². The molecule has 0 aliphatic carbocycles. The smallest absolute Gasteiger partial charge is 0.108 e. The molecule has 1 aromatic rings. The van der Waals surface area contributed by atoms with Crippen LogP contribution >= 0.6 is 0 Å². The van der Waals surface area contributed by atoms with Crippen LogP contribution in [0.15, 0.2) is 12.4 Å². The molecule has 98 valence electrons. The Labute approximate surface area is 106 Å². The quantitative estimate of drug-likeness (QED) is 0.790. The minimum atomic E-state index is 0.507. The summed E-state index contributed by atoms with van der Waals surface area (Å²) in [6.45, 7) is 13.4. The highest BCUT2D eigenvalue weighted by Crippen LogP contribution is 2.18. The molecular weight excluding hydrogens is 210 g/mol. The van der Waals surface area contributed by atoms with Crippen LogP contribution in [-0.2, 0) is 6.42 Å². The van der Waals surface area contributed by atoms with Crippen LogP contribution in [0.5, 0.6) is 0 Å². The number of hydrogen-bond acceptors (Lipinski definition) is 2. The van der Waals surface area contributed by atoms with Crippen molar-refractivity contribution in [3.05, 3.63) is 18.2 Å². The molecule has 0 aliphatic heterocycles. The van der Waals surface area contributed by atoms with Crippen molar-refractivity contribution in [2.45, 2.75) is 47.1 Å². The molecule has 0 aromatic carbocycles. The second kappa shape index (κ2) is 6.80. The van der Waals surface area contributed by atoms with Crippen LogP contribution in [0.3, 0.4) is 0 Å². The predicted octanol–water partition coefficient (Wildman–Crippen LogP) is 2.89. The van der Waals surface area contributed by atoms with E-state index in [9.17, 15) is 0 Å². The number of aromatic nitrogens is 2. The second-order valence-corrected chi connectivity index (χ2v) is 5.37. The summed E-state index contributed by atoms with van der Waals surface area (Å²) < 4.78 is 2.31. The minimum Gasteiger partial charge on any atom is -0.332 e. The summed E-state index contributed by atoms with van der Waals surface area (Å²) in [4.78, 5) is 4.39. The maximum Gasteiger partial charge on any atom is 0.108 e. The first kappa shape index (κ1) is 14.2. The number of imidazole rings is 1. The van der Waals surface area contributed by atoms with Gasteiger partial charge in [0.1, 0.15) is 5.82 Å². The lowest BCUT2D eigenvalue weighted by Gasteiger charge is -2.24. The molecule has 1 heterocycles. The van der Waals surface area contributed by atoms with Crippen LogP contribution in [0.4, 0.5) is 0 Å². The van der Waals surface area contributed by atoms with Crippen molar-refractivity contribution >= 4 is 0 Å². The van der Waals surface area contributed by atoms with E-state index in [0.29, 0.717) is 12.0 Å². The summed E-state index contributed by atoms with van der Waals surface area (Å²) in [5, 5.41) is 3.53. The standard InChI is InChI=1S/C14H27N3/c1-6-14-16-7-8-17(14)13(5)12(4)10-15-9-11(2)3/h7-8,11-13,15H,6,9-10H2,1-5H3. The first-order valence-corrected chi connectivity index (χ1v) is 6.78. The molecule has 1 N–H and O–H groups in total. The van der Waals surface area contributed by atoms with Crippen molar-refractivity contribution < 1.29 is 0 Å². The van der Waals surface area contributed by atoms with Crippen LogP contribution in [0.25, 0.3) is 0 Å². The molecule has 0 saturated carbocycles. The van der Waals surface area contributed by atoms with E-state index in [1.54, 1.807) is 0 Å². The molecule has 3 heteroatoms. The van der Waals surface area contributed by atoms with E-state index in [-0.39, 0.29) is 0 Å². The van der Waals surface area contributed by atoms with Crippen molar-refractivity contribution in [3.8, 4) is 0 Å². The van der Waals surface area contributed by atoms with Gasteiger partial charge in [0, 0.05) is 24.9 Å². The fraction of sp³-hybridized carbons (Fsp3) is 0.786. The van der Waals surface area contributed by atoms with Crippen molar-refractivity contribution in [1.29, 1.82) is 0 Å². The Balaban J connectivity index is 2.48. The van der Waals surface area contributed by atoms with Crippen LogP contribution in [0.1, 0.15) is 46.5 Å². The Morgan fingerprint density at radius 2 is 1.94 bits per heavy atom. The maximum atomic E-state index is 4.39. The molecule has 17 heavy (non-hydrogen) atoms. The number of nitrogens with zero attached hydrogens (tertiary/aromatic N) is 2. The van der Waals surface area contributed by atoms with E-state index in [2.05, 4.69) is 55.7 Å². The van der Waals surface area contributed by atoms with E-state index in [1.165, 1.54) is 5.82 Å².